The van der Waals surface area contributed by atoms with Crippen LogP contribution in [0.1, 0.15) is 38.0 Å². The van der Waals surface area contributed by atoms with Crippen LogP contribution in [0.2, 0.25) is 0 Å². The van der Waals surface area contributed by atoms with Crippen LogP contribution in [0.15, 0.2) is 28.7 Å². The predicted octanol–water partition coefficient (Wildman–Crippen LogP) is 3.94. The van der Waals surface area contributed by atoms with Gasteiger partial charge in [-0.25, -0.2) is 4.98 Å². The van der Waals surface area contributed by atoms with Crippen LogP contribution in [0.5, 0.6) is 0 Å². The van der Waals surface area contributed by atoms with Crippen LogP contribution in [0, 0.1) is 29.6 Å². The van der Waals surface area contributed by atoms with Gasteiger partial charge in [0.1, 0.15) is 5.52 Å². The largest absolute Gasteiger partial charge is 0.455 e. The number of hydrogen-bond acceptors (Lipinski definition) is 4. The van der Waals surface area contributed by atoms with Crippen LogP contribution in [0.4, 0.5) is 0 Å². The molecule has 1 heterocycles. The molecule has 0 amide bonds. The molecule has 1 aromatic heterocycles. The number of benzene rings is 1. The van der Waals surface area contributed by atoms with E-state index in [1.54, 1.807) is 0 Å². The molecule has 0 spiro atoms. The standard InChI is InChI=1S/C19H21NO3/c21-19(18-13-6-11-5-12(8-13)9-14(18)7-11)22-10-17-20-15-3-1-2-4-16(15)23-17/h1-4,11-14,18H,5-10H2. The van der Waals surface area contributed by atoms with Crippen molar-refractivity contribution in [2.24, 2.45) is 29.6 Å². The lowest BCUT2D eigenvalue weighted by atomic mass is 9.52. The molecule has 1 aromatic carbocycles. The van der Waals surface area contributed by atoms with Gasteiger partial charge in [0, 0.05) is 0 Å². The molecule has 4 saturated carbocycles. The molecule has 0 aliphatic heterocycles. The number of aromatic nitrogens is 1. The summed E-state index contributed by atoms with van der Waals surface area (Å²) in [5, 5.41) is 0. The topological polar surface area (TPSA) is 52.3 Å². The van der Waals surface area contributed by atoms with E-state index >= 15 is 0 Å². The highest BCUT2D eigenvalue weighted by molar-refractivity contribution is 5.74. The van der Waals surface area contributed by atoms with E-state index in [-0.39, 0.29) is 18.5 Å². The Kier molecular flexibility index (Phi) is 3.00. The fourth-order valence-electron chi connectivity index (χ4n) is 5.52. The summed E-state index contributed by atoms with van der Waals surface area (Å²) in [6, 6.07) is 7.63. The first-order chi connectivity index (χ1) is 11.3. The quantitative estimate of drug-likeness (QED) is 0.806. The lowest BCUT2D eigenvalue weighted by Crippen LogP contribution is -2.48. The van der Waals surface area contributed by atoms with Crippen molar-refractivity contribution in [2.75, 3.05) is 0 Å². The fraction of sp³-hybridized carbons (Fsp3) is 0.579. The summed E-state index contributed by atoms with van der Waals surface area (Å²) in [6.07, 6.45) is 6.33. The van der Waals surface area contributed by atoms with Crippen LogP contribution in [-0.2, 0) is 16.1 Å². The SMILES string of the molecule is O=C(OCc1nc2ccccc2o1)C1C2CC3CC(C2)CC1C3. The smallest absolute Gasteiger partial charge is 0.310 e. The Hall–Kier alpha value is -1.84. The molecule has 23 heavy (non-hydrogen) atoms. The molecular weight excluding hydrogens is 290 g/mol. The third-order valence-electron chi connectivity index (χ3n) is 6.17. The third-order valence-corrected chi connectivity index (χ3v) is 6.17. The normalized spacial score (nSPS) is 34.9. The molecule has 6 rings (SSSR count). The molecule has 0 N–H and O–H groups in total. The van der Waals surface area contributed by atoms with E-state index in [9.17, 15) is 4.79 Å². The third kappa shape index (κ3) is 2.27. The van der Waals surface area contributed by atoms with E-state index in [0.717, 1.165) is 22.9 Å². The lowest BCUT2D eigenvalue weighted by Gasteiger charge is -2.53. The average Bonchev–Trinajstić information content (AvgIpc) is 2.95. The Labute approximate surface area is 135 Å². The van der Waals surface area contributed by atoms with Crippen LogP contribution >= 0.6 is 0 Å². The van der Waals surface area contributed by atoms with E-state index in [1.807, 2.05) is 24.3 Å². The van der Waals surface area contributed by atoms with Crippen molar-refractivity contribution >= 4 is 17.1 Å². The van der Waals surface area contributed by atoms with E-state index in [2.05, 4.69) is 4.98 Å². The highest BCUT2D eigenvalue weighted by Crippen LogP contribution is 2.56. The van der Waals surface area contributed by atoms with Gasteiger partial charge in [-0.15, -0.1) is 0 Å². The van der Waals surface area contributed by atoms with Gasteiger partial charge >= 0.3 is 5.97 Å². The van der Waals surface area contributed by atoms with E-state index in [4.69, 9.17) is 9.15 Å². The Bertz CT molecular complexity index is 689. The Morgan fingerprint density at radius 2 is 1.78 bits per heavy atom. The van der Waals surface area contributed by atoms with Gasteiger partial charge in [0.05, 0.1) is 5.92 Å². The van der Waals surface area contributed by atoms with Gasteiger partial charge in [-0.1, -0.05) is 12.1 Å². The number of para-hydroxylation sites is 2. The van der Waals surface area contributed by atoms with Gasteiger partial charge in [-0.2, -0.15) is 0 Å². The lowest BCUT2D eigenvalue weighted by molar-refractivity contribution is -0.164. The minimum atomic E-state index is -0.0268. The Balaban J connectivity index is 1.28. The van der Waals surface area contributed by atoms with Crippen LogP contribution in [-0.4, -0.2) is 11.0 Å². The molecule has 4 heteroatoms. The first-order valence-electron chi connectivity index (χ1n) is 8.77. The molecule has 4 bridgehead atoms. The van der Waals surface area contributed by atoms with E-state index in [1.165, 1.54) is 32.1 Å². The maximum absolute atomic E-state index is 12.6. The van der Waals surface area contributed by atoms with Crippen LogP contribution in [0.25, 0.3) is 11.1 Å². The van der Waals surface area contributed by atoms with E-state index < -0.39 is 0 Å². The minimum Gasteiger partial charge on any atom is -0.455 e. The fourth-order valence-corrected chi connectivity index (χ4v) is 5.52. The summed E-state index contributed by atoms with van der Waals surface area (Å²) in [5.74, 6) is 3.44. The molecule has 0 atom stereocenters. The van der Waals surface area contributed by atoms with Gasteiger partial charge in [0.15, 0.2) is 12.2 Å². The molecule has 4 aliphatic carbocycles. The highest BCUT2D eigenvalue weighted by atomic mass is 16.5. The number of hydrogen-bond donors (Lipinski definition) is 0. The molecular formula is C19H21NO3. The highest BCUT2D eigenvalue weighted by Gasteiger charge is 2.51. The molecule has 120 valence electrons. The Morgan fingerprint density at radius 1 is 1.09 bits per heavy atom. The minimum absolute atomic E-state index is 0.0268. The first kappa shape index (κ1) is 13.6. The van der Waals surface area contributed by atoms with Crippen molar-refractivity contribution in [2.45, 2.75) is 38.7 Å². The van der Waals surface area contributed by atoms with Gasteiger partial charge in [0.2, 0.25) is 5.89 Å². The molecule has 0 unspecified atom stereocenters. The number of nitrogens with zero attached hydrogens (tertiary/aromatic N) is 1. The zero-order valence-corrected chi connectivity index (χ0v) is 13.1. The molecule has 2 aromatic rings. The number of rotatable bonds is 3. The van der Waals surface area contributed by atoms with Crippen molar-refractivity contribution in [1.29, 1.82) is 0 Å². The summed E-state index contributed by atoms with van der Waals surface area (Å²) >= 11 is 0. The predicted molar refractivity (Wildman–Crippen MR) is 84.3 cm³/mol. The van der Waals surface area contributed by atoms with Crippen molar-refractivity contribution in [1.82, 2.24) is 4.98 Å². The van der Waals surface area contributed by atoms with Gasteiger partial charge < -0.3 is 9.15 Å². The summed E-state index contributed by atoms with van der Waals surface area (Å²) in [5.41, 5.74) is 1.56. The van der Waals surface area contributed by atoms with Crippen molar-refractivity contribution in [3.8, 4) is 0 Å². The van der Waals surface area contributed by atoms with E-state index in [0.29, 0.717) is 17.7 Å². The molecule has 4 fully saturated rings. The zero-order chi connectivity index (χ0) is 15.4. The molecule has 4 aliphatic rings. The number of esters is 1. The molecule has 0 radical (unpaired) electrons. The second-order valence-electron chi connectivity index (χ2n) is 7.64. The zero-order valence-electron chi connectivity index (χ0n) is 13.1. The number of carbonyl (C=O) groups is 1. The number of carbonyl (C=O) groups excluding carboxylic acids is 1. The number of ether oxygens (including phenoxy) is 1. The van der Waals surface area contributed by atoms with Gasteiger partial charge in [-0.3, -0.25) is 4.79 Å². The maximum atomic E-state index is 12.6. The second-order valence-corrected chi connectivity index (χ2v) is 7.64. The monoisotopic (exact) mass is 311 g/mol. The number of oxazole rings is 1. The number of fused-ring (bicyclic) bond motifs is 1. The maximum Gasteiger partial charge on any atom is 0.310 e. The summed E-state index contributed by atoms with van der Waals surface area (Å²) < 4.78 is 11.2. The van der Waals surface area contributed by atoms with Crippen LogP contribution < -0.4 is 0 Å². The molecule has 4 nitrogen and oxygen atoms in total. The molecule has 0 saturated heterocycles. The van der Waals surface area contributed by atoms with Crippen LogP contribution in [0.3, 0.4) is 0 Å². The average molecular weight is 311 g/mol. The summed E-state index contributed by atoms with van der Waals surface area (Å²) in [7, 11) is 0. The van der Waals surface area contributed by atoms with Crippen molar-refractivity contribution < 1.29 is 13.9 Å². The summed E-state index contributed by atoms with van der Waals surface area (Å²) in [4.78, 5) is 17.0. The Morgan fingerprint density at radius 3 is 2.48 bits per heavy atom. The summed E-state index contributed by atoms with van der Waals surface area (Å²) in [6.45, 7) is 0.149. The first-order valence-corrected chi connectivity index (χ1v) is 8.77. The van der Waals surface area contributed by atoms with Gasteiger partial charge in [0.25, 0.3) is 0 Å². The van der Waals surface area contributed by atoms with Gasteiger partial charge in [-0.05, 0) is 67.9 Å². The van der Waals surface area contributed by atoms with Crippen molar-refractivity contribution in [3.63, 3.8) is 0 Å². The van der Waals surface area contributed by atoms with Crippen molar-refractivity contribution in [3.05, 3.63) is 30.2 Å². The second kappa shape index (κ2) is 5.08.